The molecule has 7 N–H and O–H groups in total. The van der Waals surface area contributed by atoms with E-state index in [0.29, 0.717) is 19.3 Å². The van der Waals surface area contributed by atoms with Crippen molar-refractivity contribution in [2.75, 3.05) is 0 Å². The smallest absolute Gasteiger partial charge is 0.326 e. The second-order valence-corrected chi connectivity index (χ2v) is 12.7. The summed E-state index contributed by atoms with van der Waals surface area (Å²) in [5, 5.41) is 38.2. The lowest BCUT2D eigenvalue weighted by molar-refractivity contribution is -0.141. The Morgan fingerprint density at radius 2 is 1.33 bits per heavy atom. The molecule has 0 aliphatic carbocycles. The summed E-state index contributed by atoms with van der Waals surface area (Å²) in [6, 6.07) is 7.34. The minimum Gasteiger partial charge on any atom is -0.481 e. The molecule has 3 unspecified atom stereocenters. The van der Waals surface area contributed by atoms with Gasteiger partial charge in [-0.05, 0) is 76.1 Å². The molecule has 0 aliphatic rings. The first-order valence-electron chi connectivity index (χ1n) is 14.3. The summed E-state index contributed by atoms with van der Waals surface area (Å²) in [5.74, 6) is -4.20. The molecule has 1 aromatic carbocycles. The molecule has 43 heavy (non-hydrogen) atoms. The highest BCUT2D eigenvalue weighted by molar-refractivity contribution is 7.80. The predicted molar refractivity (Wildman–Crippen MR) is 165 cm³/mol. The number of nitrogens with one attached hydrogen (secondary N) is 4. The first-order chi connectivity index (χ1) is 19.9. The van der Waals surface area contributed by atoms with Gasteiger partial charge in [0.1, 0.15) is 12.1 Å². The fourth-order valence-corrected chi connectivity index (χ4v) is 4.72. The van der Waals surface area contributed by atoms with Gasteiger partial charge in [-0.3, -0.25) is 14.4 Å². The average Bonchev–Trinajstić information content (AvgIpc) is 2.87. The molecule has 0 fully saturated rings. The number of thiocarbonyl (C=S) groups is 1. The second kappa shape index (κ2) is 17.4. The number of carboxylic acid groups (broad SMARTS) is 3. The van der Waals surface area contributed by atoms with Gasteiger partial charge in [0.15, 0.2) is 5.11 Å². The number of benzene rings is 1. The van der Waals surface area contributed by atoms with Gasteiger partial charge in [-0.2, -0.15) is 0 Å². The van der Waals surface area contributed by atoms with Crippen LogP contribution in [0.25, 0.3) is 0 Å². The summed E-state index contributed by atoms with van der Waals surface area (Å²) in [6.45, 7) is 9.70. The van der Waals surface area contributed by atoms with E-state index in [1.54, 1.807) is 0 Å². The third kappa shape index (κ3) is 16.5. The molecule has 0 bridgehead atoms. The van der Waals surface area contributed by atoms with E-state index in [2.05, 4.69) is 21.3 Å². The lowest BCUT2D eigenvalue weighted by Crippen LogP contribution is -2.51. The summed E-state index contributed by atoms with van der Waals surface area (Å²) < 4.78 is 0. The molecule has 0 heterocycles. The highest BCUT2D eigenvalue weighted by Crippen LogP contribution is 2.30. The molecule has 12 nitrogen and oxygen atoms in total. The molecule has 0 saturated heterocycles. The van der Waals surface area contributed by atoms with Crippen molar-refractivity contribution in [1.29, 1.82) is 0 Å². The Morgan fingerprint density at radius 1 is 0.791 bits per heavy atom. The minimum absolute atomic E-state index is 0.00813. The van der Waals surface area contributed by atoms with Crippen LogP contribution in [-0.2, 0) is 30.4 Å². The van der Waals surface area contributed by atoms with Crippen LogP contribution in [0.15, 0.2) is 30.3 Å². The molecule has 2 amide bonds. The van der Waals surface area contributed by atoms with Gasteiger partial charge >= 0.3 is 17.9 Å². The zero-order valence-electron chi connectivity index (χ0n) is 25.6. The van der Waals surface area contributed by atoms with E-state index in [1.807, 2.05) is 65.0 Å². The van der Waals surface area contributed by atoms with Crippen molar-refractivity contribution < 1.29 is 39.3 Å². The van der Waals surface area contributed by atoms with Gasteiger partial charge in [-0.15, -0.1) is 0 Å². The van der Waals surface area contributed by atoms with Crippen molar-refractivity contribution >= 4 is 47.1 Å². The molecule has 0 spiro atoms. The van der Waals surface area contributed by atoms with E-state index in [4.69, 9.17) is 17.3 Å². The van der Waals surface area contributed by atoms with Crippen LogP contribution in [0.4, 0.5) is 0 Å². The number of carboxylic acids is 3. The van der Waals surface area contributed by atoms with E-state index in [9.17, 15) is 34.2 Å². The Kier molecular flexibility index (Phi) is 15.1. The molecule has 1 aromatic rings. The maximum atomic E-state index is 12.7. The zero-order valence-corrected chi connectivity index (χ0v) is 26.4. The number of hydrogen-bond donors (Lipinski definition) is 7. The van der Waals surface area contributed by atoms with Gasteiger partial charge in [0.05, 0.1) is 0 Å². The fourth-order valence-electron chi connectivity index (χ4n) is 4.44. The molecule has 13 heteroatoms. The average molecular weight is 623 g/mol. The van der Waals surface area contributed by atoms with Crippen molar-refractivity contribution in [2.24, 2.45) is 5.41 Å². The fraction of sp³-hybridized carbons (Fsp3) is 0.600. The Hall–Kier alpha value is -3.74. The Balaban J connectivity index is 2.54. The maximum Gasteiger partial charge on any atom is 0.326 e. The van der Waals surface area contributed by atoms with E-state index >= 15 is 0 Å². The van der Waals surface area contributed by atoms with Crippen LogP contribution in [0.2, 0.25) is 0 Å². The quantitative estimate of drug-likeness (QED) is 0.112. The van der Waals surface area contributed by atoms with Gasteiger partial charge in [-0.25, -0.2) is 9.59 Å². The molecule has 1 rings (SSSR count). The predicted octanol–water partition coefficient (Wildman–Crippen LogP) is 2.84. The van der Waals surface area contributed by atoms with Gasteiger partial charge in [0, 0.05) is 30.8 Å². The van der Waals surface area contributed by atoms with Gasteiger partial charge in [0.2, 0.25) is 11.8 Å². The summed E-state index contributed by atoms with van der Waals surface area (Å²) >= 11 is 5.02. The van der Waals surface area contributed by atoms with E-state index < -0.39 is 42.0 Å². The second-order valence-electron chi connectivity index (χ2n) is 12.3. The van der Waals surface area contributed by atoms with Crippen LogP contribution >= 0.6 is 12.2 Å². The molecule has 240 valence electrons. The number of rotatable bonds is 19. The van der Waals surface area contributed by atoms with Crippen LogP contribution in [0, 0.1) is 5.41 Å². The number of carbonyl (C=O) groups is 5. The highest BCUT2D eigenvalue weighted by Gasteiger charge is 2.29. The largest absolute Gasteiger partial charge is 0.481 e. The van der Waals surface area contributed by atoms with Crippen molar-refractivity contribution in [3.05, 3.63) is 35.9 Å². The Bertz CT molecular complexity index is 1130. The third-order valence-electron chi connectivity index (χ3n) is 6.85. The van der Waals surface area contributed by atoms with Crippen LogP contribution in [-0.4, -0.2) is 73.8 Å². The van der Waals surface area contributed by atoms with Crippen LogP contribution in [0.5, 0.6) is 0 Å². The molecule has 0 aromatic heterocycles. The first kappa shape index (κ1) is 37.3. The Labute approximate surface area is 258 Å². The van der Waals surface area contributed by atoms with Gasteiger partial charge in [0.25, 0.3) is 0 Å². The first-order valence-corrected chi connectivity index (χ1v) is 14.7. The highest BCUT2D eigenvalue weighted by atomic mass is 32.1. The maximum absolute atomic E-state index is 12.7. The molecule has 0 aliphatic heterocycles. The lowest BCUT2D eigenvalue weighted by atomic mass is 9.80. The standard InChI is InChI=1S/C30H46N4O8S/c1-19(17-20-9-7-6-8-10-20)31-24(36)18-29(2,3)15-16-30(4,5)34-23(35)13-11-21(26(39)40)32-28(43)33-22(27(41)42)12-14-25(37)38/h6-10,19,21-22H,11-18H2,1-5H3,(H,31,36)(H,34,35)(H,37,38)(H,39,40)(H,41,42)(H2,32,33,43). The number of carbonyl (C=O) groups excluding carboxylic acids is 2. The number of aliphatic carboxylic acids is 3. The number of hydrogen-bond acceptors (Lipinski definition) is 6. The van der Waals surface area contributed by atoms with Crippen LogP contribution in [0.1, 0.15) is 85.1 Å². The summed E-state index contributed by atoms with van der Waals surface area (Å²) in [4.78, 5) is 59.2. The third-order valence-corrected chi connectivity index (χ3v) is 7.09. The molecule has 3 atom stereocenters. The summed E-state index contributed by atoms with van der Waals surface area (Å²) in [7, 11) is 0. The van der Waals surface area contributed by atoms with Crippen molar-refractivity contribution in [2.45, 2.75) is 110 Å². The van der Waals surface area contributed by atoms with Crippen molar-refractivity contribution in [3.8, 4) is 0 Å². The molecular formula is C30H46N4O8S. The normalized spacial score (nSPS) is 13.6. The van der Waals surface area contributed by atoms with E-state index in [0.717, 1.165) is 12.0 Å². The number of amides is 2. The summed E-state index contributed by atoms with van der Waals surface area (Å²) in [6.07, 6.45) is 1.38. The van der Waals surface area contributed by atoms with Crippen LogP contribution < -0.4 is 21.3 Å². The topological polar surface area (TPSA) is 194 Å². The van der Waals surface area contributed by atoms with E-state index in [-0.39, 0.29) is 47.6 Å². The summed E-state index contributed by atoms with van der Waals surface area (Å²) in [5.41, 5.74) is 0.210. The SMILES string of the molecule is CC(Cc1ccccc1)NC(=O)CC(C)(C)CCC(C)(C)NC(=O)CCC(NC(=S)NC(CCC(=O)O)C(=O)O)C(=O)O. The zero-order chi connectivity index (χ0) is 32.8. The van der Waals surface area contributed by atoms with Crippen molar-refractivity contribution in [3.63, 3.8) is 0 Å². The Morgan fingerprint density at radius 3 is 1.84 bits per heavy atom. The van der Waals surface area contributed by atoms with Crippen molar-refractivity contribution in [1.82, 2.24) is 21.3 Å². The van der Waals surface area contributed by atoms with Gasteiger partial charge in [-0.1, -0.05) is 44.2 Å². The monoisotopic (exact) mass is 622 g/mol. The molecule has 0 radical (unpaired) electrons. The molecule has 0 saturated carbocycles. The van der Waals surface area contributed by atoms with Gasteiger partial charge < -0.3 is 36.6 Å². The minimum atomic E-state index is -1.33. The van der Waals surface area contributed by atoms with Crippen LogP contribution in [0.3, 0.4) is 0 Å². The lowest BCUT2D eigenvalue weighted by Gasteiger charge is -2.32. The molecular weight excluding hydrogens is 576 g/mol. The van der Waals surface area contributed by atoms with E-state index in [1.165, 1.54) is 0 Å².